The number of anilines is 1. The van der Waals surface area contributed by atoms with Gasteiger partial charge in [-0.3, -0.25) is 0 Å². The van der Waals surface area contributed by atoms with E-state index < -0.39 is 0 Å². The molecule has 1 saturated carbocycles. The average Bonchev–Trinajstić information content (AvgIpc) is 3.31. The molecule has 1 atom stereocenters. The molecule has 0 spiro atoms. The second-order valence-electron chi connectivity index (χ2n) is 5.44. The molecular formula is C18H21N. The Morgan fingerprint density at radius 1 is 0.947 bits per heavy atom. The number of benzene rings is 2. The lowest BCUT2D eigenvalue weighted by Gasteiger charge is -2.17. The first-order chi connectivity index (χ1) is 9.36. The van der Waals surface area contributed by atoms with E-state index in [2.05, 4.69) is 66.8 Å². The molecule has 0 aliphatic heterocycles. The van der Waals surface area contributed by atoms with Gasteiger partial charge in [0.2, 0.25) is 0 Å². The topological polar surface area (TPSA) is 12.0 Å². The minimum absolute atomic E-state index is 0.655. The van der Waals surface area contributed by atoms with E-state index >= 15 is 0 Å². The van der Waals surface area contributed by atoms with Crippen LogP contribution in [0, 0.1) is 5.92 Å². The molecule has 0 saturated heterocycles. The fourth-order valence-corrected chi connectivity index (χ4v) is 2.66. The molecule has 1 unspecified atom stereocenters. The number of hydrogen-bond acceptors (Lipinski definition) is 1. The Labute approximate surface area is 115 Å². The van der Waals surface area contributed by atoms with Crippen LogP contribution in [0.15, 0.2) is 54.6 Å². The quantitative estimate of drug-likeness (QED) is 0.792. The molecule has 1 aliphatic carbocycles. The van der Waals surface area contributed by atoms with Crippen molar-refractivity contribution in [3.8, 4) is 11.1 Å². The summed E-state index contributed by atoms with van der Waals surface area (Å²) in [5, 5.41) is 3.67. The van der Waals surface area contributed by atoms with Gasteiger partial charge in [0, 0.05) is 11.7 Å². The Kier molecular flexibility index (Phi) is 3.54. The number of hydrogen-bond donors (Lipinski definition) is 1. The zero-order chi connectivity index (χ0) is 13.1. The van der Waals surface area contributed by atoms with Gasteiger partial charge in [0.1, 0.15) is 0 Å². The molecule has 19 heavy (non-hydrogen) atoms. The molecule has 1 nitrogen and oxygen atoms in total. The van der Waals surface area contributed by atoms with E-state index in [1.165, 1.54) is 36.1 Å². The summed E-state index contributed by atoms with van der Waals surface area (Å²) in [6.07, 6.45) is 4.01. The molecule has 3 rings (SSSR count). The molecule has 2 aromatic rings. The second kappa shape index (κ2) is 5.48. The van der Waals surface area contributed by atoms with Crippen molar-refractivity contribution in [3.63, 3.8) is 0 Å². The van der Waals surface area contributed by atoms with Crippen molar-refractivity contribution in [1.82, 2.24) is 0 Å². The zero-order valence-corrected chi connectivity index (χ0v) is 11.5. The van der Waals surface area contributed by atoms with Crippen LogP contribution in [-0.4, -0.2) is 6.04 Å². The maximum Gasteiger partial charge on any atom is 0.0342 e. The van der Waals surface area contributed by atoms with Crippen LogP contribution in [-0.2, 0) is 0 Å². The molecule has 1 heteroatoms. The van der Waals surface area contributed by atoms with Crippen molar-refractivity contribution in [2.75, 3.05) is 5.32 Å². The van der Waals surface area contributed by atoms with Crippen LogP contribution in [0.1, 0.15) is 26.2 Å². The van der Waals surface area contributed by atoms with Crippen molar-refractivity contribution in [2.24, 2.45) is 5.92 Å². The van der Waals surface area contributed by atoms with Gasteiger partial charge in [-0.05, 0) is 48.4 Å². The third kappa shape index (κ3) is 2.98. The molecule has 0 aromatic heterocycles. The molecule has 0 heterocycles. The maximum absolute atomic E-state index is 3.67. The van der Waals surface area contributed by atoms with Crippen LogP contribution in [0.25, 0.3) is 11.1 Å². The SMILES string of the molecule is CCC(Nc1ccc(-c2ccccc2)cc1)C1CC1. The van der Waals surface area contributed by atoms with E-state index in [1.807, 2.05) is 0 Å². The Morgan fingerprint density at radius 3 is 2.16 bits per heavy atom. The Morgan fingerprint density at radius 2 is 1.58 bits per heavy atom. The summed E-state index contributed by atoms with van der Waals surface area (Å²) in [5.41, 5.74) is 3.81. The molecule has 0 amide bonds. The monoisotopic (exact) mass is 251 g/mol. The van der Waals surface area contributed by atoms with Gasteiger partial charge in [-0.2, -0.15) is 0 Å². The fourth-order valence-electron chi connectivity index (χ4n) is 2.66. The highest BCUT2D eigenvalue weighted by Gasteiger charge is 2.29. The van der Waals surface area contributed by atoms with Gasteiger partial charge in [-0.25, -0.2) is 0 Å². The van der Waals surface area contributed by atoms with Crippen molar-refractivity contribution < 1.29 is 0 Å². The van der Waals surface area contributed by atoms with Crippen molar-refractivity contribution in [3.05, 3.63) is 54.6 Å². The van der Waals surface area contributed by atoms with Gasteiger partial charge in [-0.15, -0.1) is 0 Å². The summed E-state index contributed by atoms with van der Waals surface area (Å²) in [7, 11) is 0. The number of nitrogens with one attached hydrogen (secondary N) is 1. The van der Waals surface area contributed by atoms with Crippen LogP contribution in [0.2, 0.25) is 0 Å². The standard InChI is InChI=1S/C18H21N/c1-2-18(16-8-9-16)19-17-12-10-15(11-13-17)14-6-4-3-5-7-14/h3-7,10-13,16,18-19H,2,8-9H2,1H3. The summed E-state index contributed by atoms with van der Waals surface area (Å²) in [6, 6.07) is 20.0. The lowest BCUT2D eigenvalue weighted by molar-refractivity contribution is 0.616. The first-order valence-corrected chi connectivity index (χ1v) is 7.29. The van der Waals surface area contributed by atoms with Gasteiger partial charge in [0.25, 0.3) is 0 Å². The normalized spacial score (nSPS) is 16.1. The van der Waals surface area contributed by atoms with E-state index in [4.69, 9.17) is 0 Å². The van der Waals surface area contributed by atoms with Crippen LogP contribution < -0.4 is 5.32 Å². The molecule has 0 bridgehead atoms. The van der Waals surface area contributed by atoms with Crippen LogP contribution >= 0.6 is 0 Å². The smallest absolute Gasteiger partial charge is 0.0342 e. The predicted molar refractivity (Wildman–Crippen MR) is 82.3 cm³/mol. The predicted octanol–water partition coefficient (Wildman–Crippen LogP) is 4.95. The van der Waals surface area contributed by atoms with Gasteiger partial charge >= 0.3 is 0 Å². The second-order valence-corrected chi connectivity index (χ2v) is 5.44. The first kappa shape index (κ1) is 12.3. The average molecular weight is 251 g/mol. The highest BCUT2D eigenvalue weighted by Crippen LogP contribution is 2.35. The Bertz CT molecular complexity index is 511. The van der Waals surface area contributed by atoms with Crippen molar-refractivity contribution >= 4 is 5.69 Å². The number of rotatable bonds is 5. The molecule has 0 radical (unpaired) electrons. The molecule has 2 aromatic carbocycles. The van der Waals surface area contributed by atoms with Gasteiger partial charge < -0.3 is 5.32 Å². The molecular weight excluding hydrogens is 230 g/mol. The molecule has 98 valence electrons. The van der Waals surface area contributed by atoms with E-state index in [9.17, 15) is 0 Å². The minimum atomic E-state index is 0.655. The van der Waals surface area contributed by atoms with E-state index in [1.54, 1.807) is 0 Å². The van der Waals surface area contributed by atoms with E-state index in [0.29, 0.717) is 6.04 Å². The summed E-state index contributed by atoms with van der Waals surface area (Å²) in [5.74, 6) is 0.902. The molecule has 1 fully saturated rings. The van der Waals surface area contributed by atoms with Gasteiger partial charge in [0.15, 0.2) is 0 Å². The van der Waals surface area contributed by atoms with E-state index in [0.717, 1.165) is 5.92 Å². The van der Waals surface area contributed by atoms with Crippen molar-refractivity contribution in [2.45, 2.75) is 32.2 Å². The van der Waals surface area contributed by atoms with Gasteiger partial charge in [-0.1, -0.05) is 49.4 Å². The Balaban J connectivity index is 1.72. The minimum Gasteiger partial charge on any atom is -0.382 e. The zero-order valence-electron chi connectivity index (χ0n) is 11.5. The van der Waals surface area contributed by atoms with Crippen LogP contribution in [0.3, 0.4) is 0 Å². The maximum atomic E-state index is 3.67. The summed E-state index contributed by atoms with van der Waals surface area (Å²) in [4.78, 5) is 0. The largest absolute Gasteiger partial charge is 0.382 e. The summed E-state index contributed by atoms with van der Waals surface area (Å²) < 4.78 is 0. The molecule has 1 aliphatic rings. The summed E-state index contributed by atoms with van der Waals surface area (Å²) >= 11 is 0. The third-order valence-corrected chi connectivity index (χ3v) is 3.97. The highest BCUT2D eigenvalue weighted by atomic mass is 14.9. The van der Waals surface area contributed by atoms with Crippen LogP contribution in [0.4, 0.5) is 5.69 Å². The lowest BCUT2D eigenvalue weighted by Crippen LogP contribution is -2.20. The van der Waals surface area contributed by atoms with Gasteiger partial charge in [0.05, 0.1) is 0 Å². The third-order valence-electron chi connectivity index (χ3n) is 3.97. The first-order valence-electron chi connectivity index (χ1n) is 7.29. The fraction of sp³-hybridized carbons (Fsp3) is 0.333. The van der Waals surface area contributed by atoms with Crippen molar-refractivity contribution in [1.29, 1.82) is 0 Å². The summed E-state index contributed by atoms with van der Waals surface area (Å²) in [6.45, 7) is 2.27. The highest BCUT2D eigenvalue weighted by molar-refractivity contribution is 5.65. The Hall–Kier alpha value is -1.76. The molecule has 1 N–H and O–H groups in total. The van der Waals surface area contributed by atoms with Crippen LogP contribution in [0.5, 0.6) is 0 Å². The lowest BCUT2D eigenvalue weighted by atomic mass is 10.0. The van der Waals surface area contributed by atoms with E-state index in [-0.39, 0.29) is 0 Å².